The van der Waals surface area contributed by atoms with Gasteiger partial charge < -0.3 is 10.4 Å². The summed E-state index contributed by atoms with van der Waals surface area (Å²) in [6, 6.07) is 7.68. The Labute approximate surface area is 195 Å². The number of rotatable bonds is 15. The van der Waals surface area contributed by atoms with Gasteiger partial charge in [-0.3, -0.25) is 4.79 Å². The van der Waals surface area contributed by atoms with Crippen LogP contribution >= 0.6 is 34.8 Å². The first-order valence-electron chi connectivity index (χ1n) is 10.8. The Bertz CT molecular complexity index is 648. The highest BCUT2D eigenvalue weighted by Crippen LogP contribution is 2.28. The first-order chi connectivity index (χ1) is 14.1. The van der Waals surface area contributed by atoms with Crippen LogP contribution in [-0.2, 0) is 9.59 Å². The van der Waals surface area contributed by atoms with E-state index in [1.165, 1.54) is 0 Å². The molecular weight excluding hydrogens is 445 g/mol. The van der Waals surface area contributed by atoms with Gasteiger partial charge in [0, 0.05) is 11.4 Å². The number of nitrogens with one attached hydrogen (secondary N) is 1. The number of aliphatic carboxylic acids is 1. The van der Waals surface area contributed by atoms with Crippen molar-refractivity contribution in [2.45, 2.75) is 88.4 Å². The number of carbonyl (C=O) groups excluding carboxylic acids is 1. The number of alkyl halides is 2. The van der Waals surface area contributed by atoms with E-state index < -0.39 is 10.3 Å². The molecule has 1 rings (SSSR count). The molecule has 0 saturated heterocycles. The Balaban J connectivity index is 2.32. The van der Waals surface area contributed by atoms with E-state index in [0.717, 1.165) is 50.5 Å². The summed E-state index contributed by atoms with van der Waals surface area (Å²) >= 11 is 17.5. The molecule has 0 aromatic heterocycles. The zero-order valence-corrected chi connectivity index (χ0v) is 20.2. The van der Waals surface area contributed by atoms with E-state index in [4.69, 9.17) is 39.9 Å². The number of halogens is 3. The van der Waals surface area contributed by atoms with Crippen LogP contribution in [0.4, 0.5) is 0 Å². The normalized spacial score (nSPS) is 12.7. The summed E-state index contributed by atoms with van der Waals surface area (Å²) in [6.07, 6.45) is 8.68. The quantitative estimate of drug-likeness (QED) is 0.205. The molecule has 0 bridgehead atoms. The van der Waals surface area contributed by atoms with Crippen LogP contribution in [0.3, 0.4) is 0 Å². The van der Waals surface area contributed by atoms with E-state index >= 15 is 0 Å². The number of hydrogen-bond acceptors (Lipinski definition) is 2. The molecule has 4 nitrogen and oxygen atoms in total. The summed E-state index contributed by atoms with van der Waals surface area (Å²) in [5.41, 5.74) is 1.08. The smallest absolute Gasteiger partial charge is 0.340 e. The zero-order valence-electron chi connectivity index (χ0n) is 17.9. The van der Waals surface area contributed by atoms with Crippen molar-refractivity contribution in [3.05, 3.63) is 34.9 Å². The Hall–Kier alpha value is -0.970. The van der Waals surface area contributed by atoms with Crippen molar-refractivity contribution < 1.29 is 14.7 Å². The van der Waals surface area contributed by atoms with Gasteiger partial charge in [0.1, 0.15) is 0 Å². The lowest BCUT2D eigenvalue weighted by Gasteiger charge is -2.20. The third-order valence-corrected chi connectivity index (χ3v) is 5.95. The molecule has 0 saturated carbocycles. The van der Waals surface area contributed by atoms with Crippen LogP contribution in [0.2, 0.25) is 5.02 Å². The molecule has 0 radical (unpaired) electrons. The number of carboxylic acids is 1. The summed E-state index contributed by atoms with van der Waals surface area (Å²) < 4.78 is -1.67. The molecule has 30 heavy (non-hydrogen) atoms. The minimum absolute atomic E-state index is 0.00472. The fourth-order valence-electron chi connectivity index (χ4n) is 3.33. The molecule has 1 atom stereocenters. The van der Waals surface area contributed by atoms with Gasteiger partial charge in [-0.1, -0.05) is 99.3 Å². The molecule has 0 aliphatic heterocycles. The summed E-state index contributed by atoms with van der Waals surface area (Å²) in [5, 5.41) is 12.7. The monoisotopic (exact) mass is 477 g/mol. The maximum atomic E-state index is 12.3. The van der Waals surface area contributed by atoms with E-state index in [-0.39, 0.29) is 18.4 Å². The summed E-state index contributed by atoms with van der Waals surface area (Å²) in [5.74, 6) is -0.767. The molecule has 1 aromatic carbocycles. The first-order valence-corrected chi connectivity index (χ1v) is 11.9. The van der Waals surface area contributed by atoms with Crippen molar-refractivity contribution in [2.24, 2.45) is 5.92 Å². The van der Waals surface area contributed by atoms with Gasteiger partial charge >= 0.3 is 5.97 Å². The highest BCUT2D eigenvalue weighted by atomic mass is 35.5. The third-order valence-electron chi connectivity index (χ3n) is 5.00. The van der Waals surface area contributed by atoms with E-state index in [1.54, 1.807) is 0 Å². The molecule has 7 heteroatoms. The fraction of sp³-hybridized carbons (Fsp3) is 0.652. The molecule has 1 amide bonds. The predicted octanol–water partition coefficient (Wildman–Crippen LogP) is 7.31. The van der Waals surface area contributed by atoms with Crippen molar-refractivity contribution in [3.8, 4) is 0 Å². The van der Waals surface area contributed by atoms with Crippen molar-refractivity contribution >= 4 is 46.7 Å². The Morgan fingerprint density at radius 1 is 0.967 bits per heavy atom. The van der Waals surface area contributed by atoms with Gasteiger partial charge in [0.05, 0.1) is 6.04 Å². The lowest BCUT2D eigenvalue weighted by Crippen LogP contribution is -2.29. The van der Waals surface area contributed by atoms with Gasteiger partial charge in [-0.2, -0.15) is 0 Å². The average Bonchev–Trinajstić information content (AvgIpc) is 2.65. The van der Waals surface area contributed by atoms with Crippen molar-refractivity contribution in [1.82, 2.24) is 5.32 Å². The highest BCUT2D eigenvalue weighted by Gasteiger charge is 2.32. The van der Waals surface area contributed by atoms with Gasteiger partial charge in [0.25, 0.3) is 0 Å². The molecule has 1 unspecified atom stereocenters. The number of unbranched alkanes of at least 4 members (excludes halogenated alkanes) is 6. The SMILES string of the molecule is CC(C)CC(=O)NC(CCCCCCCCCC(Cl)(Cl)C(=O)O)c1ccc(Cl)cc1. The zero-order chi connectivity index (χ0) is 22.6. The largest absolute Gasteiger partial charge is 0.479 e. The lowest BCUT2D eigenvalue weighted by atomic mass is 9.98. The molecular formula is C23H34Cl3NO3. The second-order valence-electron chi connectivity index (χ2n) is 8.29. The van der Waals surface area contributed by atoms with Crippen LogP contribution in [0, 0.1) is 5.92 Å². The number of carboxylic acid groups (broad SMARTS) is 1. The number of benzene rings is 1. The molecule has 2 N–H and O–H groups in total. The van der Waals surface area contributed by atoms with Crippen LogP contribution in [0.5, 0.6) is 0 Å². The molecule has 1 aromatic rings. The van der Waals surface area contributed by atoms with Crippen LogP contribution in [0.1, 0.15) is 89.7 Å². The van der Waals surface area contributed by atoms with E-state index in [2.05, 4.69) is 5.32 Å². The van der Waals surface area contributed by atoms with E-state index in [9.17, 15) is 9.59 Å². The van der Waals surface area contributed by atoms with Crippen LogP contribution in [0.25, 0.3) is 0 Å². The fourth-order valence-corrected chi connectivity index (χ4v) is 3.72. The Kier molecular flexibility index (Phi) is 12.8. The maximum Gasteiger partial charge on any atom is 0.340 e. The topological polar surface area (TPSA) is 66.4 Å². The minimum atomic E-state index is -1.67. The van der Waals surface area contributed by atoms with Crippen LogP contribution in [-0.4, -0.2) is 21.3 Å². The first kappa shape index (κ1) is 27.1. The number of hydrogen-bond donors (Lipinski definition) is 2. The van der Waals surface area contributed by atoms with Crippen molar-refractivity contribution in [2.75, 3.05) is 0 Å². The second-order valence-corrected chi connectivity index (χ2v) is 10.2. The average molecular weight is 479 g/mol. The number of carbonyl (C=O) groups is 2. The highest BCUT2D eigenvalue weighted by molar-refractivity contribution is 6.57. The molecule has 0 aliphatic rings. The van der Waals surface area contributed by atoms with Gasteiger partial charge in [-0.15, -0.1) is 0 Å². The lowest BCUT2D eigenvalue weighted by molar-refractivity contribution is -0.138. The van der Waals surface area contributed by atoms with Crippen LogP contribution in [0.15, 0.2) is 24.3 Å². The predicted molar refractivity (Wildman–Crippen MR) is 125 cm³/mol. The van der Waals surface area contributed by atoms with Gasteiger partial charge in [0.2, 0.25) is 10.2 Å². The van der Waals surface area contributed by atoms with Gasteiger partial charge in [-0.25, -0.2) is 4.79 Å². The summed E-state index contributed by atoms with van der Waals surface area (Å²) in [6.45, 7) is 4.08. The Morgan fingerprint density at radius 3 is 2.03 bits per heavy atom. The maximum absolute atomic E-state index is 12.3. The van der Waals surface area contributed by atoms with E-state index in [0.29, 0.717) is 23.8 Å². The van der Waals surface area contributed by atoms with Crippen molar-refractivity contribution in [1.29, 1.82) is 0 Å². The molecule has 0 fully saturated rings. The van der Waals surface area contributed by atoms with Crippen LogP contribution < -0.4 is 5.32 Å². The number of amides is 1. The summed E-state index contributed by atoms with van der Waals surface area (Å²) in [4.78, 5) is 23.1. The summed E-state index contributed by atoms with van der Waals surface area (Å²) in [7, 11) is 0. The third kappa shape index (κ3) is 11.4. The van der Waals surface area contributed by atoms with E-state index in [1.807, 2.05) is 38.1 Å². The molecule has 0 aliphatic carbocycles. The standard InChI is InChI=1S/C23H34Cl3NO3/c1-17(2)16-21(28)27-20(18-11-13-19(24)14-12-18)10-8-6-4-3-5-7-9-15-23(25,26)22(29)30/h11-14,17,20H,3-10,15-16H2,1-2H3,(H,27,28)(H,29,30). The molecule has 0 spiro atoms. The molecule has 0 heterocycles. The Morgan fingerprint density at radius 2 is 1.50 bits per heavy atom. The minimum Gasteiger partial charge on any atom is -0.479 e. The van der Waals surface area contributed by atoms with Crippen molar-refractivity contribution in [3.63, 3.8) is 0 Å². The van der Waals surface area contributed by atoms with Gasteiger partial charge in [-0.05, 0) is 42.9 Å². The molecule has 170 valence electrons. The second kappa shape index (κ2) is 14.2. The van der Waals surface area contributed by atoms with Gasteiger partial charge in [0.15, 0.2) is 0 Å².